The van der Waals surface area contributed by atoms with E-state index in [4.69, 9.17) is 0 Å². The molecule has 1 aliphatic carbocycles. The van der Waals surface area contributed by atoms with Crippen molar-refractivity contribution in [3.05, 3.63) is 35.4 Å². The summed E-state index contributed by atoms with van der Waals surface area (Å²) in [6.07, 6.45) is 3.81. The first-order chi connectivity index (χ1) is 13.1. The Morgan fingerprint density at radius 2 is 1.78 bits per heavy atom. The minimum Gasteiger partial charge on any atom is -0.341 e. The van der Waals surface area contributed by atoms with Gasteiger partial charge in [0.1, 0.15) is 6.04 Å². The largest absolute Gasteiger partial charge is 0.341 e. The number of nitrogens with one attached hydrogen (secondary N) is 2. The number of rotatable bonds is 4. The van der Waals surface area contributed by atoms with Crippen LogP contribution in [0, 0.1) is 0 Å². The van der Waals surface area contributed by atoms with E-state index in [1.54, 1.807) is 0 Å². The molecule has 0 aromatic heterocycles. The smallest absolute Gasteiger partial charge is 0.322 e. The molecule has 2 saturated heterocycles. The van der Waals surface area contributed by atoms with Crippen molar-refractivity contribution in [3.8, 4) is 0 Å². The average molecular weight is 370 g/mol. The number of hydrogen-bond acceptors (Lipinski definition) is 4. The Kier molecular flexibility index (Phi) is 5.11. The van der Waals surface area contributed by atoms with E-state index in [9.17, 15) is 14.4 Å². The van der Waals surface area contributed by atoms with Crippen molar-refractivity contribution in [1.29, 1.82) is 0 Å². The van der Waals surface area contributed by atoms with Crippen molar-refractivity contribution >= 4 is 17.8 Å². The van der Waals surface area contributed by atoms with Crippen molar-refractivity contribution in [3.63, 3.8) is 0 Å². The number of imide groups is 1. The van der Waals surface area contributed by atoms with Crippen molar-refractivity contribution in [1.82, 2.24) is 20.4 Å². The molecule has 2 aliphatic heterocycles. The van der Waals surface area contributed by atoms with Crippen LogP contribution in [0.5, 0.6) is 0 Å². The summed E-state index contributed by atoms with van der Waals surface area (Å²) >= 11 is 0. The second kappa shape index (κ2) is 7.68. The second-order valence-corrected chi connectivity index (χ2v) is 7.66. The molecule has 1 atom stereocenters. The highest BCUT2D eigenvalue weighted by atomic mass is 16.2. The lowest BCUT2D eigenvalue weighted by Gasteiger charge is -2.27. The van der Waals surface area contributed by atoms with Gasteiger partial charge in [-0.05, 0) is 36.8 Å². The van der Waals surface area contributed by atoms with Gasteiger partial charge in [0.2, 0.25) is 5.91 Å². The predicted octanol–water partition coefficient (Wildman–Crippen LogP) is 0.676. The van der Waals surface area contributed by atoms with E-state index < -0.39 is 12.1 Å². The molecule has 0 bridgehead atoms. The Hall–Kier alpha value is -2.41. The molecule has 27 heavy (non-hydrogen) atoms. The van der Waals surface area contributed by atoms with E-state index in [0.29, 0.717) is 12.5 Å². The number of hydrogen-bond donors (Lipinski definition) is 2. The first-order valence-corrected chi connectivity index (χ1v) is 9.80. The van der Waals surface area contributed by atoms with Crippen LogP contribution in [-0.4, -0.2) is 65.9 Å². The highest BCUT2D eigenvalue weighted by molar-refractivity contribution is 6.04. The normalized spacial score (nSPS) is 23.7. The minimum absolute atomic E-state index is 0.0699. The number of urea groups is 1. The quantitative estimate of drug-likeness (QED) is 0.764. The monoisotopic (exact) mass is 370 g/mol. The molecule has 4 rings (SSSR count). The molecule has 2 N–H and O–H groups in total. The molecule has 144 valence electrons. The van der Waals surface area contributed by atoms with E-state index in [-0.39, 0.29) is 18.2 Å². The van der Waals surface area contributed by atoms with Gasteiger partial charge in [-0.15, -0.1) is 0 Å². The Morgan fingerprint density at radius 3 is 2.44 bits per heavy atom. The van der Waals surface area contributed by atoms with Crippen LogP contribution in [0.2, 0.25) is 0 Å². The zero-order valence-electron chi connectivity index (χ0n) is 15.4. The number of benzene rings is 1. The number of nitrogens with zero attached hydrogens (tertiary/aromatic N) is 2. The standard InChI is InChI=1S/C20H26N4O3/c25-18(7-6-17-19(26)22-20(27)21-17)24-9-3-8-23(10-11-24)16-12-14-4-1-2-5-15(14)13-16/h1-2,4-5,16-17H,3,6-13H2,(H2,21,22,26,27)/t17-/m0/s1. The van der Waals surface area contributed by atoms with Gasteiger partial charge in [0.15, 0.2) is 0 Å². The van der Waals surface area contributed by atoms with Crippen molar-refractivity contribution in [2.45, 2.75) is 44.2 Å². The van der Waals surface area contributed by atoms with Gasteiger partial charge in [-0.25, -0.2) is 4.79 Å². The molecular weight excluding hydrogens is 344 g/mol. The van der Waals surface area contributed by atoms with E-state index in [2.05, 4.69) is 39.8 Å². The first kappa shape index (κ1) is 18.0. The minimum atomic E-state index is -0.582. The predicted molar refractivity (Wildman–Crippen MR) is 100 cm³/mol. The van der Waals surface area contributed by atoms with Gasteiger partial charge in [0.05, 0.1) is 0 Å². The molecule has 2 fully saturated rings. The fourth-order valence-corrected chi connectivity index (χ4v) is 4.43. The molecule has 7 nitrogen and oxygen atoms in total. The van der Waals surface area contributed by atoms with Crippen LogP contribution >= 0.6 is 0 Å². The van der Waals surface area contributed by atoms with E-state index in [1.165, 1.54) is 11.1 Å². The van der Waals surface area contributed by atoms with Crippen molar-refractivity contribution < 1.29 is 14.4 Å². The van der Waals surface area contributed by atoms with Crippen molar-refractivity contribution in [2.24, 2.45) is 0 Å². The molecule has 0 spiro atoms. The number of amides is 4. The molecule has 1 aromatic rings. The summed E-state index contributed by atoms with van der Waals surface area (Å²) in [5.74, 6) is -0.267. The molecule has 0 saturated carbocycles. The second-order valence-electron chi connectivity index (χ2n) is 7.66. The van der Waals surface area contributed by atoms with Gasteiger partial charge in [-0.2, -0.15) is 0 Å². The Balaban J connectivity index is 1.27. The van der Waals surface area contributed by atoms with E-state index >= 15 is 0 Å². The number of fused-ring (bicyclic) bond motifs is 1. The van der Waals surface area contributed by atoms with Gasteiger partial charge < -0.3 is 10.2 Å². The third-order valence-electron chi connectivity index (χ3n) is 5.93. The molecule has 0 unspecified atom stereocenters. The summed E-state index contributed by atoms with van der Waals surface area (Å²) in [4.78, 5) is 39.7. The summed E-state index contributed by atoms with van der Waals surface area (Å²) in [7, 11) is 0. The summed E-state index contributed by atoms with van der Waals surface area (Å²) in [5, 5.41) is 4.75. The molecular formula is C20H26N4O3. The van der Waals surface area contributed by atoms with Crippen LogP contribution in [0.3, 0.4) is 0 Å². The lowest BCUT2D eigenvalue weighted by atomic mass is 10.1. The maximum absolute atomic E-state index is 12.6. The van der Waals surface area contributed by atoms with Gasteiger partial charge in [0.25, 0.3) is 5.91 Å². The van der Waals surface area contributed by atoms with E-state index in [1.807, 2.05) is 4.90 Å². The summed E-state index contributed by atoms with van der Waals surface area (Å²) in [6.45, 7) is 3.40. The van der Waals surface area contributed by atoms with Crippen LogP contribution < -0.4 is 10.6 Å². The SMILES string of the molecule is O=C1NC(=O)[C@H](CCC(=O)N2CCCN(C3Cc4ccccc4C3)CC2)N1. The number of carbonyl (C=O) groups excluding carboxylic acids is 3. The van der Waals surface area contributed by atoms with E-state index in [0.717, 1.165) is 45.4 Å². The van der Waals surface area contributed by atoms with Crippen LogP contribution in [0.1, 0.15) is 30.4 Å². The van der Waals surface area contributed by atoms with Crippen molar-refractivity contribution in [2.75, 3.05) is 26.2 Å². The van der Waals surface area contributed by atoms with Gasteiger partial charge >= 0.3 is 6.03 Å². The molecule has 2 heterocycles. The third kappa shape index (κ3) is 3.98. The average Bonchev–Trinajstić information content (AvgIpc) is 3.12. The highest BCUT2D eigenvalue weighted by Gasteiger charge is 2.31. The Morgan fingerprint density at radius 1 is 1.04 bits per heavy atom. The van der Waals surface area contributed by atoms with Crippen LogP contribution in [0.15, 0.2) is 24.3 Å². The van der Waals surface area contributed by atoms with Gasteiger partial charge in [-0.1, -0.05) is 24.3 Å². The first-order valence-electron chi connectivity index (χ1n) is 9.80. The zero-order chi connectivity index (χ0) is 18.8. The van der Waals surface area contributed by atoms with Crippen LogP contribution in [0.25, 0.3) is 0 Å². The topological polar surface area (TPSA) is 81.8 Å². The fourth-order valence-electron chi connectivity index (χ4n) is 4.43. The maximum Gasteiger partial charge on any atom is 0.322 e. The van der Waals surface area contributed by atoms with Crippen LogP contribution in [-0.2, 0) is 22.4 Å². The zero-order valence-corrected chi connectivity index (χ0v) is 15.4. The fraction of sp³-hybridized carbons (Fsp3) is 0.550. The summed E-state index contributed by atoms with van der Waals surface area (Å²) in [6, 6.07) is 8.15. The molecule has 0 radical (unpaired) electrons. The van der Waals surface area contributed by atoms with Gasteiger partial charge in [0, 0.05) is 38.6 Å². The van der Waals surface area contributed by atoms with Gasteiger partial charge in [-0.3, -0.25) is 19.8 Å². The number of carbonyl (C=O) groups is 3. The lowest BCUT2D eigenvalue weighted by molar-refractivity contribution is -0.131. The van der Waals surface area contributed by atoms with Crippen LogP contribution in [0.4, 0.5) is 4.79 Å². The molecule has 7 heteroatoms. The lowest BCUT2D eigenvalue weighted by Crippen LogP contribution is -2.40. The Bertz CT molecular complexity index is 725. The maximum atomic E-state index is 12.6. The Labute approximate surface area is 159 Å². The summed E-state index contributed by atoms with van der Waals surface area (Å²) in [5.41, 5.74) is 2.91. The molecule has 3 aliphatic rings. The summed E-state index contributed by atoms with van der Waals surface area (Å²) < 4.78 is 0. The highest BCUT2D eigenvalue weighted by Crippen LogP contribution is 2.26. The third-order valence-corrected chi connectivity index (χ3v) is 5.93. The molecule has 4 amide bonds. The molecule has 1 aromatic carbocycles.